The first-order chi connectivity index (χ1) is 8.61. The molecule has 90 valence electrons. The highest BCUT2D eigenvalue weighted by atomic mass is 16.5. The van der Waals surface area contributed by atoms with Gasteiger partial charge in [0.1, 0.15) is 0 Å². The van der Waals surface area contributed by atoms with Gasteiger partial charge in [-0.2, -0.15) is 0 Å². The monoisotopic (exact) mass is 242 g/mol. The molecule has 0 radical (unpaired) electrons. The van der Waals surface area contributed by atoms with Crippen LogP contribution < -0.4 is 5.56 Å². The number of Topliss-reactive ketones (excluding diaryl/α,β-unsaturated/α-hetero) is 1. The molecule has 0 saturated carbocycles. The first-order valence-electron chi connectivity index (χ1n) is 5.23. The largest absolute Gasteiger partial charge is 0.353 e. The summed E-state index contributed by atoms with van der Waals surface area (Å²) in [4.78, 5) is 23.5. The third-order valence-corrected chi connectivity index (χ3v) is 2.47. The lowest BCUT2D eigenvalue weighted by atomic mass is 10.2. The minimum atomic E-state index is -0.318. The normalized spacial score (nSPS) is 10.0. The third-order valence-electron chi connectivity index (χ3n) is 2.47. The number of nitrogens with zero attached hydrogens (tertiary/aromatic N) is 2. The molecule has 2 aromatic heterocycles. The standard InChI is InChI=1S/C13H10N2O3/c1-3-10-4-5-12(17)15(7-10)8-11(16)13-9(2)6-14-18-13/h1,4-7H,8H2,2H3. The molecule has 0 spiro atoms. The van der Waals surface area contributed by atoms with Crippen LogP contribution in [0.1, 0.15) is 21.7 Å². The van der Waals surface area contributed by atoms with Crippen LogP contribution >= 0.6 is 0 Å². The molecule has 0 atom stereocenters. The molecule has 0 aromatic carbocycles. The number of pyridine rings is 1. The van der Waals surface area contributed by atoms with Crippen molar-refractivity contribution in [3.63, 3.8) is 0 Å². The summed E-state index contributed by atoms with van der Waals surface area (Å²) in [5.41, 5.74) is 0.886. The maximum absolute atomic E-state index is 11.9. The average molecular weight is 242 g/mol. The second-order valence-electron chi connectivity index (χ2n) is 3.79. The van der Waals surface area contributed by atoms with Gasteiger partial charge in [-0.3, -0.25) is 9.59 Å². The van der Waals surface area contributed by atoms with E-state index in [1.165, 1.54) is 29.1 Å². The van der Waals surface area contributed by atoms with E-state index in [-0.39, 0.29) is 23.6 Å². The van der Waals surface area contributed by atoms with E-state index >= 15 is 0 Å². The predicted octanol–water partition coefficient (Wildman–Crippen LogP) is 1.01. The van der Waals surface area contributed by atoms with E-state index in [0.717, 1.165) is 0 Å². The van der Waals surface area contributed by atoms with Gasteiger partial charge in [-0.15, -0.1) is 6.42 Å². The van der Waals surface area contributed by atoms with E-state index in [9.17, 15) is 9.59 Å². The van der Waals surface area contributed by atoms with Gasteiger partial charge in [-0.1, -0.05) is 11.1 Å². The van der Waals surface area contributed by atoms with E-state index in [0.29, 0.717) is 11.1 Å². The maximum Gasteiger partial charge on any atom is 0.251 e. The first kappa shape index (κ1) is 11.9. The van der Waals surface area contributed by atoms with Gasteiger partial charge in [0, 0.05) is 23.4 Å². The molecular formula is C13H10N2O3. The Balaban J connectivity index is 2.30. The van der Waals surface area contributed by atoms with Crippen molar-refractivity contribution in [3.05, 3.63) is 51.8 Å². The molecule has 0 bridgehead atoms. The maximum atomic E-state index is 11.9. The Morgan fingerprint density at radius 1 is 1.56 bits per heavy atom. The van der Waals surface area contributed by atoms with Crippen LogP contribution in [-0.4, -0.2) is 15.5 Å². The van der Waals surface area contributed by atoms with Gasteiger partial charge in [0.05, 0.1) is 12.7 Å². The molecule has 18 heavy (non-hydrogen) atoms. The molecule has 5 nitrogen and oxygen atoms in total. The van der Waals surface area contributed by atoms with Crippen LogP contribution in [0.4, 0.5) is 0 Å². The molecule has 0 N–H and O–H groups in total. The van der Waals surface area contributed by atoms with E-state index in [2.05, 4.69) is 11.1 Å². The summed E-state index contributed by atoms with van der Waals surface area (Å²) in [6.07, 6.45) is 8.16. The predicted molar refractivity (Wildman–Crippen MR) is 64.2 cm³/mol. The smallest absolute Gasteiger partial charge is 0.251 e. The molecule has 0 amide bonds. The van der Waals surface area contributed by atoms with Crippen molar-refractivity contribution < 1.29 is 9.32 Å². The molecular weight excluding hydrogens is 232 g/mol. The zero-order valence-corrected chi connectivity index (χ0v) is 9.71. The van der Waals surface area contributed by atoms with Crippen molar-refractivity contribution in [3.8, 4) is 12.3 Å². The Bertz CT molecular complexity index is 689. The van der Waals surface area contributed by atoms with Crippen LogP contribution in [-0.2, 0) is 6.54 Å². The lowest BCUT2D eigenvalue weighted by molar-refractivity contribution is 0.0934. The molecule has 0 fully saturated rings. The van der Waals surface area contributed by atoms with Crippen LogP contribution in [0.3, 0.4) is 0 Å². The highest BCUT2D eigenvalue weighted by Crippen LogP contribution is 2.07. The number of rotatable bonds is 3. The summed E-state index contributed by atoms with van der Waals surface area (Å²) in [7, 11) is 0. The minimum Gasteiger partial charge on any atom is -0.353 e. The summed E-state index contributed by atoms with van der Waals surface area (Å²) in [6.45, 7) is 1.59. The molecule has 0 aliphatic rings. The van der Waals surface area contributed by atoms with E-state index in [1.807, 2.05) is 0 Å². The topological polar surface area (TPSA) is 65.1 Å². The molecule has 0 aliphatic heterocycles. The molecule has 2 heterocycles. The van der Waals surface area contributed by atoms with Crippen LogP contribution in [0.5, 0.6) is 0 Å². The van der Waals surface area contributed by atoms with Crippen molar-refractivity contribution in [2.45, 2.75) is 13.5 Å². The van der Waals surface area contributed by atoms with E-state index in [4.69, 9.17) is 10.9 Å². The summed E-state index contributed by atoms with van der Waals surface area (Å²) in [5.74, 6) is 2.25. The number of carbonyl (C=O) groups excluding carboxylic acids is 1. The lowest BCUT2D eigenvalue weighted by Crippen LogP contribution is -2.23. The Hall–Kier alpha value is -2.61. The number of carbonyl (C=O) groups is 1. The molecule has 2 aromatic rings. The van der Waals surface area contributed by atoms with Gasteiger partial charge in [-0.25, -0.2) is 0 Å². The lowest BCUT2D eigenvalue weighted by Gasteiger charge is -2.03. The SMILES string of the molecule is C#Cc1ccc(=O)n(CC(=O)c2oncc2C)c1. The second kappa shape index (κ2) is 4.72. The third kappa shape index (κ3) is 2.23. The molecule has 0 saturated heterocycles. The van der Waals surface area contributed by atoms with Crippen LogP contribution in [0, 0.1) is 19.3 Å². The van der Waals surface area contributed by atoms with Gasteiger partial charge in [-0.05, 0) is 13.0 Å². The quantitative estimate of drug-likeness (QED) is 0.595. The highest BCUT2D eigenvalue weighted by Gasteiger charge is 2.15. The number of hydrogen-bond acceptors (Lipinski definition) is 4. The van der Waals surface area contributed by atoms with Crippen molar-refractivity contribution in [2.75, 3.05) is 0 Å². The fraction of sp³-hybridized carbons (Fsp3) is 0.154. The Morgan fingerprint density at radius 3 is 2.94 bits per heavy atom. The number of terminal acetylenes is 1. The summed E-state index contributed by atoms with van der Waals surface area (Å²) >= 11 is 0. The van der Waals surface area contributed by atoms with E-state index < -0.39 is 0 Å². The summed E-state index contributed by atoms with van der Waals surface area (Å²) < 4.78 is 6.09. The number of aromatic nitrogens is 2. The summed E-state index contributed by atoms with van der Waals surface area (Å²) in [6, 6.07) is 2.86. The van der Waals surface area contributed by atoms with Crippen LogP contribution in [0.2, 0.25) is 0 Å². The first-order valence-corrected chi connectivity index (χ1v) is 5.23. The van der Waals surface area contributed by atoms with E-state index in [1.54, 1.807) is 6.92 Å². The zero-order chi connectivity index (χ0) is 13.1. The Labute approximate surface area is 103 Å². The highest BCUT2D eigenvalue weighted by molar-refractivity contribution is 5.94. The molecule has 0 aliphatic carbocycles. The van der Waals surface area contributed by atoms with Gasteiger partial charge in [0.15, 0.2) is 0 Å². The number of hydrogen-bond donors (Lipinski definition) is 0. The number of ketones is 1. The zero-order valence-electron chi connectivity index (χ0n) is 9.71. The van der Waals surface area contributed by atoms with Crippen LogP contribution in [0.25, 0.3) is 0 Å². The number of aryl methyl sites for hydroxylation is 1. The van der Waals surface area contributed by atoms with Gasteiger partial charge in [0.2, 0.25) is 11.5 Å². The second-order valence-corrected chi connectivity index (χ2v) is 3.79. The van der Waals surface area contributed by atoms with Crippen molar-refractivity contribution in [1.29, 1.82) is 0 Å². The molecule has 2 rings (SSSR count). The fourth-order valence-electron chi connectivity index (χ4n) is 1.53. The fourth-order valence-corrected chi connectivity index (χ4v) is 1.53. The van der Waals surface area contributed by atoms with Crippen molar-refractivity contribution in [1.82, 2.24) is 9.72 Å². The van der Waals surface area contributed by atoms with Gasteiger partial charge >= 0.3 is 0 Å². The Morgan fingerprint density at radius 2 is 2.33 bits per heavy atom. The Kier molecular flexibility index (Phi) is 3.11. The molecule has 0 unspecified atom stereocenters. The summed E-state index contributed by atoms with van der Waals surface area (Å²) in [5, 5.41) is 3.53. The van der Waals surface area contributed by atoms with Crippen LogP contribution in [0.15, 0.2) is 33.8 Å². The average Bonchev–Trinajstić information content (AvgIpc) is 2.78. The van der Waals surface area contributed by atoms with Gasteiger partial charge < -0.3 is 9.09 Å². The van der Waals surface area contributed by atoms with Crippen molar-refractivity contribution >= 4 is 5.78 Å². The minimum absolute atomic E-state index is 0.121. The van der Waals surface area contributed by atoms with Crippen molar-refractivity contribution in [2.24, 2.45) is 0 Å². The molecule has 5 heteroatoms. The van der Waals surface area contributed by atoms with Gasteiger partial charge in [0.25, 0.3) is 5.56 Å².